The fourth-order valence-corrected chi connectivity index (χ4v) is 2.39. The maximum absolute atomic E-state index is 13.1. The van der Waals surface area contributed by atoms with Crippen LogP contribution in [0.4, 0.5) is 4.39 Å². The van der Waals surface area contributed by atoms with E-state index in [4.69, 9.17) is 11.6 Å². The highest BCUT2D eigenvalue weighted by Crippen LogP contribution is 2.30. The molecule has 2 aromatic carbocycles. The summed E-state index contributed by atoms with van der Waals surface area (Å²) in [5.74, 6) is 0.368. The maximum atomic E-state index is 13.1. The molecule has 2 nitrogen and oxygen atoms in total. The lowest BCUT2D eigenvalue weighted by Gasteiger charge is -2.00. The minimum absolute atomic E-state index is 0.289. The van der Waals surface area contributed by atoms with Gasteiger partial charge < -0.3 is 4.98 Å². The van der Waals surface area contributed by atoms with Crippen LogP contribution < -0.4 is 0 Å². The molecule has 0 saturated carbocycles. The quantitative estimate of drug-likeness (QED) is 0.685. The van der Waals surface area contributed by atoms with E-state index >= 15 is 0 Å². The van der Waals surface area contributed by atoms with E-state index in [1.807, 2.05) is 6.07 Å². The number of nitrogens with zero attached hydrogens (tertiary/aromatic N) is 1. The fraction of sp³-hybridized carbons (Fsp3) is 0. The summed E-state index contributed by atoms with van der Waals surface area (Å²) in [4.78, 5) is 7.50. The molecule has 0 atom stereocenters. The number of fused-ring (bicyclic) bond motifs is 1. The number of halogens is 3. The Bertz CT molecular complexity index is 739. The lowest BCUT2D eigenvalue weighted by atomic mass is 10.2. The molecule has 90 valence electrons. The van der Waals surface area contributed by atoms with Crippen LogP contribution in [0.2, 0.25) is 5.02 Å². The van der Waals surface area contributed by atoms with E-state index in [0.717, 1.165) is 15.6 Å². The normalized spacial score (nSPS) is 11.1. The second-order valence-electron chi connectivity index (χ2n) is 3.87. The number of benzene rings is 2. The molecule has 1 heterocycles. The molecule has 0 spiro atoms. The summed E-state index contributed by atoms with van der Waals surface area (Å²) in [7, 11) is 0. The van der Waals surface area contributed by atoms with E-state index in [0.29, 0.717) is 16.4 Å². The third-order valence-corrected chi connectivity index (χ3v) is 3.55. The van der Waals surface area contributed by atoms with Crippen LogP contribution in [0.5, 0.6) is 0 Å². The Morgan fingerprint density at radius 3 is 2.83 bits per heavy atom. The number of hydrogen-bond acceptors (Lipinski definition) is 1. The summed E-state index contributed by atoms with van der Waals surface area (Å²) in [6.45, 7) is 0. The van der Waals surface area contributed by atoms with Crippen molar-refractivity contribution in [2.24, 2.45) is 0 Å². The smallest absolute Gasteiger partial charge is 0.139 e. The topological polar surface area (TPSA) is 28.7 Å². The van der Waals surface area contributed by atoms with Crippen molar-refractivity contribution in [1.29, 1.82) is 0 Å². The number of aromatic amines is 1. The molecule has 3 rings (SSSR count). The van der Waals surface area contributed by atoms with Gasteiger partial charge in [-0.2, -0.15) is 0 Å². The zero-order valence-corrected chi connectivity index (χ0v) is 11.4. The SMILES string of the molecule is Fc1ccc2nc(-c3cc(Cl)ccc3Br)[nH]c2c1. The average Bonchev–Trinajstić information content (AvgIpc) is 2.74. The Balaban J connectivity index is 2.22. The van der Waals surface area contributed by atoms with Gasteiger partial charge >= 0.3 is 0 Å². The van der Waals surface area contributed by atoms with Crippen molar-refractivity contribution >= 4 is 38.6 Å². The van der Waals surface area contributed by atoms with Gasteiger partial charge in [0.05, 0.1) is 11.0 Å². The molecule has 0 radical (unpaired) electrons. The molecule has 0 aliphatic carbocycles. The van der Waals surface area contributed by atoms with Gasteiger partial charge in [0.1, 0.15) is 11.6 Å². The first-order valence-electron chi connectivity index (χ1n) is 5.24. The number of imidazole rings is 1. The van der Waals surface area contributed by atoms with Gasteiger partial charge in [-0.05, 0) is 36.4 Å². The Morgan fingerprint density at radius 1 is 1.17 bits per heavy atom. The van der Waals surface area contributed by atoms with Crippen LogP contribution in [0, 0.1) is 5.82 Å². The minimum atomic E-state index is -0.289. The van der Waals surface area contributed by atoms with Gasteiger partial charge in [0.25, 0.3) is 0 Å². The Kier molecular flexibility index (Phi) is 2.84. The van der Waals surface area contributed by atoms with Crippen LogP contribution in [0.3, 0.4) is 0 Å². The summed E-state index contributed by atoms with van der Waals surface area (Å²) in [5.41, 5.74) is 2.23. The predicted octanol–water partition coefficient (Wildman–Crippen LogP) is 4.78. The van der Waals surface area contributed by atoms with Gasteiger partial charge in [-0.3, -0.25) is 0 Å². The van der Waals surface area contributed by atoms with Gasteiger partial charge in [0, 0.05) is 15.1 Å². The van der Waals surface area contributed by atoms with Crippen LogP contribution >= 0.6 is 27.5 Å². The minimum Gasteiger partial charge on any atom is -0.338 e. The number of rotatable bonds is 1. The van der Waals surface area contributed by atoms with Gasteiger partial charge in [-0.25, -0.2) is 9.37 Å². The Labute approximate surface area is 116 Å². The standard InChI is InChI=1S/C13H7BrClFN2/c14-10-3-1-7(15)5-9(10)13-17-11-4-2-8(16)6-12(11)18-13/h1-6H,(H,17,18). The van der Waals surface area contributed by atoms with Gasteiger partial charge in [0.15, 0.2) is 0 Å². The summed E-state index contributed by atoms with van der Waals surface area (Å²) < 4.78 is 14.0. The summed E-state index contributed by atoms with van der Waals surface area (Å²) in [6, 6.07) is 9.90. The van der Waals surface area contributed by atoms with E-state index in [1.165, 1.54) is 12.1 Å². The van der Waals surface area contributed by atoms with E-state index in [-0.39, 0.29) is 5.82 Å². The van der Waals surface area contributed by atoms with Crippen molar-refractivity contribution in [2.75, 3.05) is 0 Å². The molecule has 18 heavy (non-hydrogen) atoms. The van der Waals surface area contributed by atoms with Crippen molar-refractivity contribution in [3.63, 3.8) is 0 Å². The molecule has 0 amide bonds. The fourth-order valence-electron chi connectivity index (χ4n) is 1.79. The largest absolute Gasteiger partial charge is 0.338 e. The molecule has 0 aliphatic heterocycles. The van der Waals surface area contributed by atoms with Crippen LogP contribution in [-0.2, 0) is 0 Å². The highest BCUT2D eigenvalue weighted by molar-refractivity contribution is 9.10. The van der Waals surface area contributed by atoms with Crippen molar-refractivity contribution in [3.8, 4) is 11.4 Å². The van der Waals surface area contributed by atoms with Crippen LogP contribution in [-0.4, -0.2) is 9.97 Å². The first-order valence-corrected chi connectivity index (χ1v) is 6.41. The number of nitrogens with one attached hydrogen (secondary N) is 1. The first-order chi connectivity index (χ1) is 8.63. The second-order valence-corrected chi connectivity index (χ2v) is 5.16. The van der Waals surface area contributed by atoms with Crippen molar-refractivity contribution in [1.82, 2.24) is 9.97 Å². The third-order valence-electron chi connectivity index (χ3n) is 2.63. The zero-order valence-electron chi connectivity index (χ0n) is 9.05. The lowest BCUT2D eigenvalue weighted by Crippen LogP contribution is -1.82. The Morgan fingerprint density at radius 2 is 2.00 bits per heavy atom. The molecule has 0 aliphatic rings. The lowest BCUT2D eigenvalue weighted by molar-refractivity contribution is 0.629. The second kappa shape index (κ2) is 4.37. The highest BCUT2D eigenvalue weighted by atomic mass is 79.9. The summed E-state index contributed by atoms with van der Waals surface area (Å²) in [6.07, 6.45) is 0. The van der Waals surface area contributed by atoms with Crippen LogP contribution in [0.25, 0.3) is 22.4 Å². The number of hydrogen-bond donors (Lipinski definition) is 1. The highest BCUT2D eigenvalue weighted by Gasteiger charge is 2.09. The Hall–Kier alpha value is -1.39. The zero-order chi connectivity index (χ0) is 12.7. The van der Waals surface area contributed by atoms with Crippen molar-refractivity contribution in [2.45, 2.75) is 0 Å². The molecule has 0 fully saturated rings. The van der Waals surface area contributed by atoms with Crippen LogP contribution in [0.15, 0.2) is 40.9 Å². The monoisotopic (exact) mass is 324 g/mol. The van der Waals surface area contributed by atoms with Crippen LogP contribution in [0.1, 0.15) is 0 Å². The molecule has 1 N–H and O–H groups in total. The first kappa shape index (κ1) is 11.7. The predicted molar refractivity (Wildman–Crippen MR) is 74.2 cm³/mol. The molecule has 1 aromatic heterocycles. The summed E-state index contributed by atoms with van der Waals surface area (Å²) >= 11 is 9.41. The number of aromatic nitrogens is 2. The molecule has 5 heteroatoms. The van der Waals surface area contributed by atoms with Crippen molar-refractivity contribution in [3.05, 3.63) is 51.7 Å². The van der Waals surface area contributed by atoms with Gasteiger partial charge in [-0.15, -0.1) is 0 Å². The molecule has 3 aromatic rings. The third kappa shape index (κ3) is 2.02. The van der Waals surface area contributed by atoms with E-state index < -0.39 is 0 Å². The molecular formula is C13H7BrClFN2. The van der Waals surface area contributed by atoms with Crippen molar-refractivity contribution < 1.29 is 4.39 Å². The van der Waals surface area contributed by atoms with E-state index in [1.54, 1.807) is 18.2 Å². The molecule has 0 unspecified atom stereocenters. The van der Waals surface area contributed by atoms with Gasteiger partial charge in [-0.1, -0.05) is 27.5 Å². The molecular weight excluding hydrogens is 319 g/mol. The maximum Gasteiger partial charge on any atom is 0.139 e. The van der Waals surface area contributed by atoms with E-state index in [2.05, 4.69) is 25.9 Å². The molecule has 0 saturated heterocycles. The number of H-pyrrole nitrogens is 1. The molecule has 0 bridgehead atoms. The average molecular weight is 326 g/mol. The van der Waals surface area contributed by atoms with Gasteiger partial charge in [0.2, 0.25) is 0 Å². The van der Waals surface area contributed by atoms with E-state index in [9.17, 15) is 4.39 Å². The summed E-state index contributed by atoms with van der Waals surface area (Å²) in [5, 5.41) is 0.625.